The first-order chi connectivity index (χ1) is 10.6. The smallest absolute Gasteiger partial charge is 0.319 e. The summed E-state index contributed by atoms with van der Waals surface area (Å²) in [6, 6.07) is 13.3. The number of nitrogens with one attached hydrogen (secondary N) is 2. The number of urea groups is 1. The quantitative estimate of drug-likeness (QED) is 0.818. The zero-order chi connectivity index (χ0) is 15.9. The highest BCUT2D eigenvalue weighted by Gasteiger charge is 2.05. The highest BCUT2D eigenvalue weighted by atomic mass is 35.5. The van der Waals surface area contributed by atoms with Gasteiger partial charge < -0.3 is 10.6 Å². The van der Waals surface area contributed by atoms with Crippen LogP contribution < -0.4 is 10.6 Å². The molecule has 22 heavy (non-hydrogen) atoms. The van der Waals surface area contributed by atoms with Gasteiger partial charge in [0.05, 0.1) is 0 Å². The van der Waals surface area contributed by atoms with Crippen molar-refractivity contribution in [3.8, 4) is 0 Å². The van der Waals surface area contributed by atoms with Crippen LogP contribution in [-0.4, -0.2) is 6.03 Å². The number of rotatable bonds is 5. The Kier molecular flexibility index (Phi) is 5.84. The van der Waals surface area contributed by atoms with E-state index in [1.165, 1.54) is 16.7 Å². The van der Waals surface area contributed by atoms with Crippen molar-refractivity contribution in [2.75, 3.05) is 5.32 Å². The summed E-state index contributed by atoms with van der Waals surface area (Å²) in [6.07, 6.45) is 1.95. The molecule has 2 amide bonds. The van der Waals surface area contributed by atoms with E-state index in [9.17, 15) is 4.79 Å². The van der Waals surface area contributed by atoms with Crippen LogP contribution >= 0.6 is 11.6 Å². The second kappa shape index (κ2) is 7.85. The summed E-state index contributed by atoms with van der Waals surface area (Å²) < 4.78 is 0. The molecule has 0 radical (unpaired) electrons. The van der Waals surface area contributed by atoms with E-state index in [1.54, 1.807) is 24.3 Å². The Hall–Kier alpha value is -2.00. The molecule has 0 aliphatic carbocycles. The van der Waals surface area contributed by atoms with Crippen molar-refractivity contribution in [2.24, 2.45) is 0 Å². The average molecular weight is 317 g/mol. The SMILES string of the molecule is CCc1ccc(CC)c(CNC(=O)Nc2ccc(Cl)cc2)c1. The minimum Gasteiger partial charge on any atom is -0.334 e. The molecule has 0 saturated carbocycles. The molecule has 0 bridgehead atoms. The second-order valence-electron chi connectivity index (χ2n) is 5.12. The van der Waals surface area contributed by atoms with Gasteiger partial charge in [-0.2, -0.15) is 0 Å². The van der Waals surface area contributed by atoms with Crippen molar-refractivity contribution in [2.45, 2.75) is 33.2 Å². The summed E-state index contributed by atoms with van der Waals surface area (Å²) in [5.41, 5.74) is 4.45. The monoisotopic (exact) mass is 316 g/mol. The van der Waals surface area contributed by atoms with Crippen LogP contribution in [0.3, 0.4) is 0 Å². The van der Waals surface area contributed by atoms with E-state index in [2.05, 4.69) is 42.7 Å². The molecular formula is C18H21ClN2O. The summed E-state index contributed by atoms with van der Waals surface area (Å²) in [6.45, 7) is 4.78. The maximum atomic E-state index is 12.0. The largest absolute Gasteiger partial charge is 0.334 e. The molecule has 2 aromatic rings. The van der Waals surface area contributed by atoms with E-state index in [0.717, 1.165) is 18.5 Å². The number of aryl methyl sites for hydroxylation is 2. The first kappa shape index (κ1) is 16.4. The minimum absolute atomic E-state index is 0.216. The number of benzene rings is 2. The molecular weight excluding hydrogens is 296 g/mol. The Bertz CT molecular complexity index is 638. The lowest BCUT2D eigenvalue weighted by Crippen LogP contribution is -2.28. The fraction of sp³-hybridized carbons (Fsp3) is 0.278. The zero-order valence-electron chi connectivity index (χ0n) is 12.9. The summed E-state index contributed by atoms with van der Waals surface area (Å²) >= 11 is 5.82. The average Bonchev–Trinajstić information content (AvgIpc) is 2.54. The normalized spacial score (nSPS) is 10.3. The van der Waals surface area contributed by atoms with Gasteiger partial charge in [-0.05, 0) is 53.8 Å². The van der Waals surface area contributed by atoms with Crippen LogP contribution in [0.5, 0.6) is 0 Å². The summed E-state index contributed by atoms with van der Waals surface area (Å²) in [7, 11) is 0. The molecule has 0 aliphatic heterocycles. The van der Waals surface area contributed by atoms with E-state index >= 15 is 0 Å². The molecule has 0 saturated heterocycles. The number of hydrogen-bond acceptors (Lipinski definition) is 1. The lowest BCUT2D eigenvalue weighted by atomic mass is 10.0. The van der Waals surface area contributed by atoms with Gasteiger partial charge in [-0.15, -0.1) is 0 Å². The Morgan fingerprint density at radius 1 is 1.00 bits per heavy atom. The molecule has 0 heterocycles. The lowest BCUT2D eigenvalue weighted by molar-refractivity contribution is 0.251. The van der Waals surface area contributed by atoms with Crippen molar-refractivity contribution >= 4 is 23.3 Å². The van der Waals surface area contributed by atoms with Crippen LogP contribution in [0.2, 0.25) is 5.02 Å². The Morgan fingerprint density at radius 2 is 1.73 bits per heavy atom. The molecule has 0 aromatic heterocycles. The van der Waals surface area contributed by atoms with Crippen LogP contribution in [0, 0.1) is 0 Å². The third-order valence-corrected chi connectivity index (χ3v) is 3.85. The molecule has 4 heteroatoms. The van der Waals surface area contributed by atoms with Gasteiger partial charge in [0, 0.05) is 17.3 Å². The molecule has 116 valence electrons. The van der Waals surface area contributed by atoms with Crippen LogP contribution in [0.1, 0.15) is 30.5 Å². The molecule has 0 fully saturated rings. The van der Waals surface area contributed by atoms with Crippen molar-refractivity contribution in [1.82, 2.24) is 5.32 Å². The first-order valence-corrected chi connectivity index (χ1v) is 7.91. The zero-order valence-corrected chi connectivity index (χ0v) is 13.7. The van der Waals surface area contributed by atoms with Crippen molar-refractivity contribution in [3.05, 3.63) is 64.2 Å². The highest BCUT2D eigenvalue weighted by molar-refractivity contribution is 6.30. The first-order valence-electron chi connectivity index (χ1n) is 7.53. The standard InChI is InChI=1S/C18H21ClN2O/c1-3-13-5-6-14(4-2)15(11-13)12-20-18(22)21-17-9-7-16(19)8-10-17/h5-11H,3-4,12H2,1-2H3,(H2,20,21,22). The highest BCUT2D eigenvalue weighted by Crippen LogP contribution is 2.15. The molecule has 0 spiro atoms. The Balaban J connectivity index is 1.97. The topological polar surface area (TPSA) is 41.1 Å². The molecule has 3 nitrogen and oxygen atoms in total. The van der Waals surface area contributed by atoms with Crippen LogP contribution in [0.25, 0.3) is 0 Å². The summed E-state index contributed by atoms with van der Waals surface area (Å²) in [5, 5.41) is 6.35. The molecule has 2 N–H and O–H groups in total. The van der Waals surface area contributed by atoms with Crippen LogP contribution in [0.15, 0.2) is 42.5 Å². The molecule has 2 aromatic carbocycles. The van der Waals surface area contributed by atoms with Crippen LogP contribution in [-0.2, 0) is 19.4 Å². The minimum atomic E-state index is -0.216. The van der Waals surface area contributed by atoms with Gasteiger partial charge in [0.25, 0.3) is 0 Å². The van der Waals surface area contributed by atoms with Gasteiger partial charge in [0.15, 0.2) is 0 Å². The number of halogens is 1. The fourth-order valence-electron chi connectivity index (χ4n) is 2.29. The van der Waals surface area contributed by atoms with Gasteiger partial charge >= 0.3 is 6.03 Å². The lowest BCUT2D eigenvalue weighted by Gasteiger charge is -2.12. The molecule has 2 rings (SSSR count). The number of hydrogen-bond donors (Lipinski definition) is 2. The number of carbonyl (C=O) groups excluding carboxylic acids is 1. The summed E-state index contributed by atoms with van der Waals surface area (Å²) in [5.74, 6) is 0. The second-order valence-corrected chi connectivity index (χ2v) is 5.56. The van der Waals surface area contributed by atoms with E-state index in [-0.39, 0.29) is 6.03 Å². The Morgan fingerprint density at radius 3 is 2.36 bits per heavy atom. The Labute approximate surface area is 136 Å². The number of amides is 2. The maximum Gasteiger partial charge on any atom is 0.319 e. The van der Waals surface area contributed by atoms with E-state index in [4.69, 9.17) is 11.6 Å². The maximum absolute atomic E-state index is 12.0. The van der Waals surface area contributed by atoms with Crippen molar-refractivity contribution in [1.29, 1.82) is 0 Å². The predicted octanol–water partition coefficient (Wildman–Crippen LogP) is 4.79. The third kappa shape index (κ3) is 4.50. The van der Waals surface area contributed by atoms with Crippen molar-refractivity contribution in [3.63, 3.8) is 0 Å². The van der Waals surface area contributed by atoms with Gasteiger partial charge in [-0.3, -0.25) is 0 Å². The van der Waals surface area contributed by atoms with Crippen molar-refractivity contribution < 1.29 is 4.79 Å². The van der Waals surface area contributed by atoms with Gasteiger partial charge in [-0.25, -0.2) is 4.79 Å². The van der Waals surface area contributed by atoms with Gasteiger partial charge in [-0.1, -0.05) is 43.6 Å². The van der Waals surface area contributed by atoms with Crippen LogP contribution in [0.4, 0.5) is 10.5 Å². The van der Waals surface area contributed by atoms with Gasteiger partial charge in [0.2, 0.25) is 0 Å². The predicted molar refractivity (Wildman–Crippen MR) is 92.5 cm³/mol. The fourth-order valence-corrected chi connectivity index (χ4v) is 2.42. The van der Waals surface area contributed by atoms with Gasteiger partial charge in [0.1, 0.15) is 0 Å². The van der Waals surface area contributed by atoms with E-state index < -0.39 is 0 Å². The molecule has 0 unspecified atom stereocenters. The molecule has 0 aliphatic rings. The van der Waals surface area contributed by atoms with E-state index in [1.807, 2.05) is 0 Å². The van der Waals surface area contributed by atoms with E-state index in [0.29, 0.717) is 11.6 Å². The number of anilines is 1. The third-order valence-electron chi connectivity index (χ3n) is 3.60. The number of carbonyl (C=O) groups is 1. The molecule has 0 atom stereocenters. The summed E-state index contributed by atoms with van der Waals surface area (Å²) in [4.78, 5) is 12.0.